The van der Waals surface area contributed by atoms with Gasteiger partial charge in [0, 0.05) is 17.2 Å². The lowest BCUT2D eigenvalue weighted by Crippen LogP contribution is -2.30. The number of nitrogens with two attached hydrogens (primary N) is 1. The van der Waals surface area contributed by atoms with Crippen molar-refractivity contribution < 1.29 is 14.5 Å². The summed E-state index contributed by atoms with van der Waals surface area (Å²) in [5.41, 5.74) is 3.03. The number of nitro groups is 1. The number of rotatable bonds is 5. The van der Waals surface area contributed by atoms with Gasteiger partial charge in [-0.05, 0) is 12.1 Å². The molecule has 7 heteroatoms. The van der Waals surface area contributed by atoms with Gasteiger partial charge in [0.25, 0.3) is 11.6 Å². The van der Waals surface area contributed by atoms with Crippen LogP contribution in [0.15, 0.2) is 48.5 Å². The first-order valence-corrected chi connectivity index (χ1v) is 6.08. The second-order valence-corrected chi connectivity index (χ2v) is 4.17. The van der Waals surface area contributed by atoms with E-state index in [9.17, 15) is 14.9 Å². The molecule has 0 aromatic heterocycles. The normalized spacial score (nSPS) is 9.95. The lowest BCUT2D eigenvalue weighted by molar-refractivity contribution is -0.384. The average Bonchev–Trinajstić information content (AvgIpc) is 2.52. The summed E-state index contributed by atoms with van der Waals surface area (Å²) in [6, 6.07) is 12.7. The van der Waals surface area contributed by atoms with Crippen LogP contribution in [0.25, 0.3) is 0 Å². The number of hydrogen-bond acceptors (Lipinski definition) is 5. The van der Waals surface area contributed by atoms with Gasteiger partial charge in [-0.25, -0.2) is 5.84 Å². The molecular formula is C14H13N3O4. The van der Waals surface area contributed by atoms with Gasteiger partial charge in [0.2, 0.25) is 0 Å². The van der Waals surface area contributed by atoms with Crippen molar-refractivity contribution in [2.45, 2.75) is 6.61 Å². The third-order valence-corrected chi connectivity index (χ3v) is 2.82. The van der Waals surface area contributed by atoms with Gasteiger partial charge in [0.1, 0.15) is 12.4 Å². The number of nitrogens with one attached hydrogen (secondary N) is 1. The van der Waals surface area contributed by atoms with Crippen molar-refractivity contribution >= 4 is 11.6 Å². The van der Waals surface area contributed by atoms with Gasteiger partial charge in [0.15, 0.2) is 0 Å². The molecule has 0 unspecified atom stereocenters. The summed E-state index contributed by atoms with van der Waals surface area (Å²) in [5, 5.41) is 10.7. The van der Waals surface area contributed by atoms with Gasteiger partial charge in [-0.3, -0.25) is 20.3 Å². The number of nitro benzene ring substituents is 1. The Kier molecular flexibility index (Phi) is 4.47. The zero-order chi connectivity index (χ0) is 15.2. The largest absolute Gasteiger partial charge is 0.489 e. The molecule has 0 bridgehead atoms. The number of nitrogens with zero attached hydrogens (tertiary/aromatic N) is 1. The van der Waals surface area contributed by atoms with E-state index in [1.165, 1.54) is 18.2 Å². The van der Waals surface area contributed by atoms with Gasteiger partial charge in [0.05, 0.1) is 11.0 Å². The van der Waals surface area contributed by atoms with Crippen LogP contribution in [-0.4, -0.2) is 10.8 Å². The van der Waals surface area contributed by atoms with Crippen molar-refractivity contribution in [1.82, 2.24) is 5.43 Å². The molecular weight excluding hydrogens is 274 g/mol. The second kappa shape index (κ2) is 6.49. The Hall–Kier alpha value is -2.93. The minimum atomic E-state index is -0.497. The Morgan fingerprint density at radius 1 is 1.24 bits per heavy atom. The third-order valence-electron chi connectivity index (χ3n) is 2.82. The maximum Gasteiger partial charge on any atom is 0.273 e. The van der Waals surface area contributed by atoms with Crippen LogP contribution in [0, 0.1) is 10.1 Å². The van der Waals surface area contributed by atoms with Crippen LogP contribution >= 0.6 is 0 Å². The number of ether oxygens (including phenoxy) is 1. The maximum atomic E-state index is 11.6. The van der Waals surface area contributed by atoms with Crippen molar-refractivity contribution in [3.05, 3.63) is 69.8 Å². The van der Waals surface area contributed by atoms with E-state index in [-0.39, 0.29) is 12.3 Å². The molecule has 0 saturated carbocycles. The highest BCUT2D eigenvalue weighted by atomic mass is 16.6. The number of nitrogen functional groups attached to an aromatic ring is 1. The van der Waals surface area contributed by atoms with Gasteiger partial charge in [-0.1, -0.05) is 24.3 Å². The van der Waals surface area contributed by atoms with E-state index in [1.807, 2.05) is 0 Å². The molecule has 0 aliphatic carbocycles. The van der Waals surface area contributed by atoms with E-state index in [4.69, 9.17) is 10.6 Å². The van der Waals surface area contributed by atoms with Gasteiger partial charge in [-0.15, -0.1) is 0 Å². The van der Waals surface area contributed by atoms with Gasteiger partial charge < -0.3 is 4.74 Å². The zero-order valence-electron chi connectivity index (χ0n) is 11.0. The van der Waals surface area contributed by atoms with Crippen LogP contribution in [-0.2, 0) is 6.61 Å². The number of carbonyl (C=O) groups excluding carboxylic acids is 1. The minimum Gasteiger partial charge on any atom is -0.489 e. The molecule has 2 aromatic carbocycles. The first-order chi connectivity index (χ1) is 10.1. The van der Waals surface area contributed by atoms with Crippen LogP contribution in [0.4, 0.5) is 5.69 Å². The summed E-state index contributed by atoms with van der Waals surface area (Å²) in [6.07, 6.45) is 0. The predicted molar refractivity (Wildman–Crippen MR) is 75.5 cm³/mol. The van der Waals surface area contributed by atoms with Gasteiger partial charge >= 0.3 is 0 Å². The van der Waals surface area contributed by atoms with Crippen LogP contribution in [0.2, 0.25) is 0 Å². The van der Waals surface area contributed by atoms with Crippen molar-refractivity contribution in [2.75, 3.05) is 0 Å². The highest BCUT2D eigenvalue weighted by Crippen LogP contribution is 2.20. The highest BCUT2D eigenvalue weighted by molar-refractivity contribution is 5.95. The molecule has 0 aliphatic rings. The topological polar surface area (TPSA) is 107 Å². The van der Waals surface area contributed by atoms with Gasteiger partial charge in [-0.2, -0.15) is 0 Å². The molecule has 1 amide bonds. The SMILES string of the molecule is NNC(=O)c1ccccc1COc1cccc([N+](=O)[O-])c1. The van der Waals surface area contributed by atoms with Crippen LogP contribution < -0.4 is 16.0 Å². The third kappa shape index (κ3) is 3.54. The predicted octanol–water partition coefficient (Wildman–Crippen LogP) is 1.78. The number of non-ortho nitro benzene ring substituents is 1. The lowest BCUT2D eigenvalue weighted by Gasteiger charge is -2.10. The number of carbonyl (C=O) groups is 1. The van der Waals surface area contributed by atoms with E-state index >= 15 is 0 Å². The van der Waals surface area contributed by atoms with Crippen molar-refractivity contribution in [3.63, 3.8) is 0 Å². The molecule has 108 valence electrons. The molecule has 2 aromatic rings. The van der Waals surface area contributed by atoms with E-state index in [1.54, 1.807) is 30.3 Å². The van der Waals surface area contributed by atoms with Crippen molar-refractivity contribution in [2.24, 2.45) is 5.84 Å². The van der Waals surface area contributed by atoms with E-state index < -0.39 is 10.8 Å². The molecule has 0 fully saturated rings. The molecule has 0 saturated heterocycles. The Balaban J connectivity index is 2.15. The molecule has 2 rings (SSSR count). The summed E-state index contributed by atoms with van der Waals surface area (Å²) < 4.78 is 5.49. The quantitative estimate of drug-likeness (QED) is 0.377. The van der Waals surface area contributed by atoms with Crippen molar-refractivity contribution in [1.29, 1.82) is 0 Å². The first-order valence-electron chi connectivity index (χ1n) is 6.08. The molecule has 0 atom stereocenters. The van der Waals surface area contributed by atoms with E-state index in [2.05, 4.69) is 5.43 Å². The second-order valence-electron chi connectivity index (χ2n) is 4.17. The fourth-order valence-electron chi connectivity index (χ4n) is 1.79. The molecule has 0 radical (unpaired) electrons. The minimum absolute atomic E-state index is 0.0551. The Morgan fingerprint density at radius 3 is 2.71 bits per heavy atom. The highest BCUT2D eigenvalue weighted by Gasteiger charge is 2.11. The fourth-order valence-corrected chi connectivity index (χ4v) is 1.79. The van der Waals surface area contributed by atoms with Crippen molar-refractivity contribution in [3.8, 4) is 5.75 Å². The summed E-state index contributed by atoms with van der Waals surface area (Å²) >= 11 is 0. The van der Waals surface area contributed by atoms with Crippen LogP contribution in [0.3, 0.4) is 0 Å². The summed E-state index contributed by atoms with van der Waals surface area (Å²) in [4.78, 5) is 21.8. The fraction of sp³-hybridized carbons (Fsp3) is 0.0714. The summed E-state index contributed by atoms with van der Waals surface area (Å²) in [6.45, 7) is 0.102. The number of benzene rings is 2. The summed E-state index contributed by atoms with van der Waals surface area (Å²) in [5.74, 6) is 5.05. The molecule has 3 N–H and O–H groups in total. The lowest BCUT2D eigenvalue weighted by atomic mass is 10.1. The number of hydrazine groups is 1. The van der Waals surface area contributed by atoms with E-state index in [0.29, 0.717) is 16.9 Å². The Morgan fingerprint density at radius 2 is 2.00 bits per heavy atom. The molecule has 0 aliphatic heterocycles. The average molecular weight is 287 g/mol. The van der Waals surface area contributed by atoms with Crippen LogP contribution in [0.5, 0.6) is 5.75 Å². The Bertz CT molecular complexity index is 673. The number of hydrogen-bond donors (Lipinski definition) is 2. The van der Waals surface area contributed by atoms with E-state index in [0.717, 1.165) is 0 Å². The zero-order valence-corrected chi connectivity index (χ0v) is 11.0. The maximum absolute atomic E-state index is 11.6. The molecule has 21 heavy (non-hydrogen) atoms. The Labute approximate surface area is 120 Å². The number of amides is 1. The monoisotopic (exact) mass is 287 g/mol. The summed E-state index contributed by atoms with van der Waals surface area (Å²) in [7, 11) is 0. The molecule has 0 spiro atoms. The first kappa shape index (κ1) is 14.5. The molecule has 0 heterocycles. The smallest absolute Gasteiger partial charge is 0.273 e. The standard InChI is InChI=1S/C14H13N3O4/c15-16-14(18)13-7-2-1-4-10(13)9-21-12-6-3-5-11(8-12)17(19)20/h1-8H,9,15H2,(H,16,18). The molecule has 7 nitrogen and oxygen atoms in total. The van der Waals surface area contributed by atoms with Crippen LogP contribution in [0.1, 0.15) is 15.9 Å².